The van der Waals surface area contributed by atoms with Gasteiger partial charge in [-0.25, -0.2) is 9.37 Å². The van der Waals surface area contributed by atoms with Gasteiger partial charge in [-0.2, -0.15) is 0 Å². The van der Waals surface area contributed by atoms with Gasteiger partial charge in [0, 0.05) is 6.54 Å². The smallest absolute Gasteiger partial charge is 0.182 e. The van der Waals surface area contributed by atoms with Gasteiger partial charge in [-0.1, -0.05) is 13.8 Å². The molecular formula is C11H13FN4. The van der Waals surface area contributed by atoms with Gasteiger partial charge in [0.05, 0.1) is 6.20 Å². The predicted molar refractivity (Wildman–Crippen MR) is 58.0 cm³/mol. The number of pyridine rings is 1. The third kappa shape index (κ3) is 2.24. The molecule has 0 aromatic carbocycles. The molecule has 0 bridgehead atoms. The van der Waals surface area contributed by atoms with E-state index in [0.717, 1.165) is 6.54 Å². The summed E-state index contributed by atoms with van der Waals surface area (Å²) < 4.78 is 14.7. The molecule has 0 spiro atoms. The van der Waals surface area contributed by atoms with E-state index in [1.165, 1.54) is 12.3 Å². The minimum Gasteiger partial charge on any atom is -0.312 e. The highest BCUT2D eigenvalue weighted by atomic mass is 19.1. The van der Waals surface area contributed by atoms with Crippen molar-refractivity contribution in [2.24, 2.45) is 5.92 Å². The van der Waals surface area contributed by atoms with Crippen LogP contribution in [0.2, 0.25) is 0 Å². The van der Waals surface area contributed by atoms with Gasteiger partial charge in [0.1, 0.15) is 17.8 Å². The van der Waals surface area contributed by atoms with Crippen LogP contribution in [-0.2, 0) is 6.54 Å². The summed E-state index contributed by atoms with van der Waals surface area (Å²) in [5, 5.41) is 7.85. The van der Waals surface area contributed by atoms with Crippen molar-refractivity contribution in [1.29, 1.82) is 0 Å². The Labute approximate surface area is 93.2 Å². The zero-order chi connectivity index (χ0) is 11.5. The summed E-state index contributed by atoms with van der Waals surface area (Å²) in [5.74, 6) is 0.822. The van der Waals surface area contributed by atoms with Crippen LogP contribution in [0.15, 0.2) is 24.7 Å². The predicted octanol–water partition coefficient (Wildman–Crippen LogP) is 2.14. The molecule has 2 aromatic heterocycles. The lowest BCUT2D eigenvalue weighted by molar-refractivity contribution is 0.525. The lowest BCUT2D eigenvalue weighted by Crippen LogP contribution is -2.05. The van der Waals surface area contributed by atoms with Crippen LogP contribution in [0, 0.1) is 11.7 Å². The average molecular weight is 220 g/mol. The first-order valence-corrected chi connectivity index (χ1v) is 5.16. The normalized spacial score (nSPS) is 11.0. The molecule has 0 unspecified atom stereocenters. The summed E-state index contributed by atoms with van der Waals surface area (Å²) >= 11 is 0. The number of hydrogen-bond donors (Lipinski definition) is 0. The second kappa shape index (κ2) is 4.38. The van der Waals surface area contributed by atoms with Crippen molar-refractivity contribution in [2.45, 2.75) is 20.4 Å². The highest BCUT2D eigenvalue weighted by molar-refractivity contribution is 5.48. The Hall–Kier alpha value is -1.78. The van der Waals surface area contributed by atoms with E-state index in [1.807, 2.05) is 4.57 Å². The SMILES string of the molecule is CC(C)Cn1cnnc1-c1ccc(F)cn1. The van der Waals surface area contributed by atoms with Crippen molar-refractivity contribution < 1.29 is 4.39 Å². The first kappa shape index (κ1) is 10.7. The van der Waals surface area contributed by atoms with Gasteiger partial charge in [0.15, 0.2) is 5.82 Å². The molecule has 0 radical (unpaired) electrons. The Bertz CT molecular complexity index is 461. The molecule has 0 aliphatic rings. The molecule has 0 aliphatic carbocycles. The molecule has 0 saturated heterocycles. The third-order valence-corrected chi connectivity index (χ3v) is 2.13. The van der Waals surface area contributed by atoms with Crippen molar-refractivity contribution in [3.63, 3.8) is 0 Å². The summed E-state index contributed by atoms with van der Waals surface area (Å²) in [5.41, 5.74) is 0.638. The van der Waals surface area contributed by atoms with E-state index in [0.29, 0.717) is 17.4 Å². The standard InChI is InChI=1S/C11H13FN4/c1-8(2)6-16-7-14-15-11(16)10-4-3-9(12)5-13-10/h3-5,7-8H,6H2,1-2H3. The maximum Gasteiger partial charge on any atom is 0.182 e. The lowest BCUT2D eigenvalue weighted by Gasteiger charge is -2.08. The number of halogens is 1. The first-order valence-electron chi connectivity index (χ1n) is 5.16. The quantitative estimate of drug-likeness (QED) is 0.795. The molecule has 0 fully saturated rings. The van der Waals surface area contributed by atoms with E-state index in [9.17, 15) is 4.39 Å². The second-order valence-electron chi connectivity index (χ2n) is 4.06. The third-order valence-electron chi connectivity index (χ3n) is 2.13. The van der Waals surface area contributed by atoms with Crippen LogP contribution in [0.4, 0.5) is 4.39 Å². The molecule has 0 aliphatic heterocycles. The molecule has 0 saturated carbocycles. The largest absolute Gasteiger partial charge is 0.312 e. The van der Waals surface area contributed by atoms with E-state index in [1.54, 1.807) is 12.4 Å². The van der Waals surface area contributed by atoms with Crippen molar-refractivity contribution >= 4 is 0 Å². The van der Waals surface area contributed by atoms with E-state index >= 15 is 0 Å². The molecule has 0 atom stereocenters. The van der Waals surface area contributed by atoms with E-state index in [2.05, 4.69) is 29.0 Å². The van der Waals surface area contributed by atoms with Crippen LogP contribution in [0.25, 0.3) is 11.5 Å². The van der Waals surface area contributed by atoms with E-state index in [-0.39, 0.29) is 5.82 Å². The molecule has 2 aromatic rings. The number of nitrogens with zero attached hydrogens (tertiary/aromatic N) is 4. The van der Waals surface area contributed by atoms with Crippen LogP contribution >= 0.6 is 0 Å². The van der Waals surface area contributed by atoms with Crippen LogP contribution in [0.5, 0.6) is 0 Å². The van der Waals surface area contributed by atoms with Gasteiger partial charge in [0.25, 0.3) is 0 Å². The Morgan fingerprint density at radius 2 is 2.19 bits per heavy atom. The Morgan fingerprint density at radius 1 is 1.38 bits per heavy atom. The lowest BCUT2D eigenvalue weighted by atomic mass is 10.2. The van der Waals surface area contributed by atoms with Crippen LogP contribution < -0.4 is 0 Å². The Morgan fingerprint density at radius 3 is 2.81 bits per heavy atom. The molecule has 16 heavy (non-hydrogen) atoms. The van der Waals surface area contributed by atoms with Gasteiger partial charge in [-0.15, -0.1) is 10.2 Å². The summed E-state index contributed by atoms with van der Waals surface area (Å²) in [6.07, 6.45) is 2.85. The Balaban J connectivity index is 2.33. The minimum atomic E-state index is -0.348. The van der Waals surface area contributed by atoms with E-state index in [4.69, 9.17) is 0 Å². The average Bonchev–Trinajstić information content (AvgIpc) is 2.66. The maximum atomic E-state index is 12.7. The van der Waals surface area contributed by atoms with Gasteiger partial charge in [-0.05, 0) is 18.1 Å². The molecule has 0 amide bonds. The second-order valence-corrected chi connectivity index (χ2v) is 4.06. The van der Waals surface area contributed by atoms with Crippen LogP contribution in [-0.4, -0.2) is 19.7 Å². The summed E-state index contributed by atoms with van der Waals surface area (Å²) in [6.45, 7) is 5.05. The fourth-order valence-corrected chi connectivity index (χ4v) is 1.49. The van der Waals surface area contributed by atoms with E-state index < -0.39 is 0 Å². The maximum absolute atomic E-state index is 12.7. The molecule has 84 valence electrons. The zero-order valence-corrected chi connectivity index (χ0v) is 9.26. The number of aromatic nitrogens is 4. The minimum absolute atomic E-state index is 0.348. The highest BCUT2D eigenvalue weighted by Gasteiger charge is 2.09. The summed E-state index contributed by atoms with van der Waals surface area (Å²) in [7, 11) is 0. The number of rotatable bonds is 3. The Kier molecular flexibility index (Phi) is 2.94. The van der Waals surface area contributed by atoms with Gasteiger partial charge in [0.2, 0.25) is 0 Å². The molecular weight excluding hydrogens is 207 g/mol. The van der Waals surface area contributed by atoms with Gasteiger partial charge >= 0.3 is 0 Å². The van der Waals surface area contributed by atoms with Crippen molar-refractivity contribution in [3.05, 3.63) is 30.5 Å². The number of hydrogen-bond acceptors (Lipinski definition) is 3. The topological polar surface area (TPSA) is 43.6 Å². The molecule has 4 nitrogen and oxygen atoms in total. The summed E-state index contributed by atoms with van der Waals surface area (Å²) in [4.78, 5) is 3.99. The highest BCUT2D eigenvalue weighted by Crippen LogP contribution is 2.15. The zero-order valence-electron chi connectivity index (χ0n) is 9.26. The fraction of sp³-hybridized carbons (Fsp3) is 0.364. The van der Waals surface area contributed by atoms with Crippen LogP contribution in [0.1, 0.15) is 13.8 Å². The van der Waals surface area contributed by atoms with Gasteiger partial charge in [-0.3, -0.25) is 0 Å². The molecule has 2 heterocycles. The molecule has 2 rings (SSSR count). The summed E-state index contributed by atoms with van der Waals surface area (Å²) in [6, 6.07) is 2.98. The van der Waals surface area contributed by atoms with Gasteiger partial charge < -0.3 is 4.57 Å². The monoisotopic (exact) mass is 220 g/mol. The molecule has 5 heteroatoms. The fourth-order valence-electron chi connectivity index (χ4n) is 1.49. The van der Waals surface area contributed by atoms with Crippen LogP contribution in [0.3, 0.4) is 0 Å². The molecule has 0 N–H and O–H groups in total. The van der Waals surface area contributed by atoms with Crippen molar-refractivity contribution in [3.8, 4) is 11.5 Å². The van der Waals surface area contributed by atoms with Crippen molar-refractivity contribution in [2.75, 3.05) is 0 Å². The first-order chi connectivity index (χ1) is 7.66. The van der Waals surface area contributed by atoms with Crippen molar-refractivity contribution in [1.82, 2.24) is 19.7 Å².